The van der Waals surface area contributed by atoms with Crippen molar-refractivity contribution in [2.24, 2.45) is 0 Å². The number of hydrogen-bond acceptors (Lipinski definition) is 2. The van der Waals surface area contributed by atoms with Crippen molar-refractivity contribution in [3.05, 3.63) is 35.9 Å². The smallest absolute Gasteiger partial charge is 0.0393 e. The van der Waals surface area contributed by atoms with E-state index in [4.69, 9.17) is 5.73 Å². The van der Waals surface area contributed by atoms with Crippen molar-refractivity contribution in [3.8, 4) is 0 Å². The maximum atomic E-state index is 5.70. The molecule has 1 aromatic rings. The van der Waals surface area contributed by atoms with Crippen LogP contribution in [0.2, 0.25) is 0 Å². The minimum absolute atomic E-state index is 0.792. The molecule has 0 bridgehead atoms. The second kappa shape index (κ2) is 4.70. The van der Waals surface area contributed by atoms with Gasteiger partial charge in [-0.05, 0) is 31.0 Å². The molecule has 0 radical (unpaired) electrons. The van der Waals surface area contributed by atoms with Gasteiger partial charge in [-0.25, -0.2) is 0 Å². The summed E-state index contributed by atoms with van der Waals surface area (Å²) < 4.78 is 0. The van der Waals surface area contributed by atoms with Gasteiger partial charge < -0.3 is 11.1 Å². The van der Waals surface area contributed by atoms with Gasteiger partial charge in [-0.1, -0.05) is 25.1 Å². The zero-order chi connectivity index (χ0) is 10.6. The van der Waals surface area contributed by atoms with Crippen molar-refractivity contribution in [2.45, 2.75) is 20.3 Å². The Bertz CT molecular complexity index is 329. The number of nitrogens with one attached hydrogen (secondary N) is 1. The van der Waals surface area contributed by atoms with Crippen LogP contribution in [0.3, 0.4) is 0 Å². The van der Waals surface area contributed by atoms with Gasteiger partial charge in [-0.2, -0.15) is 0 Å². The standard InChI is InChI=1S/C12H18N2/c1-4-9(2)8-14-12-7-11(13)6-5-10(12)3/h5-7,14H,2,4,8,13H2,1,3H3. The molecule has 3 N–H and O–H groups in total. The Hall–Kier alpha value is -1.44. The van der Waals surface area contributed by atoms with Crippen LogP contribution < -0.4 is 11.1 Å². The lowest BCUT2D eigenvalue weighted by Crippen LogP contribution is -2.05. The zero-order valence-electron chi connectivity index (χ0n) is 8.93. The Balaban J connectivity index is 2.66. The molecule has 0 aliphatic rings. The van der Waals surface area contributed by atoms with Gasteiger partial charge in [-0.3, -0.25) is 0 Å². The first-order chi connectivity index (χ1) is 6.63. The number of benzene rings is 1. The van der Waals surface area contributed by atoms with Crippen LogP contribution in [0, 0.1) is 6.92 Å². The quantitative estimate of drug-likeness (QED) is 0.566. The molecule has 2 heteroatoms. The van der Waals surface area contributed by atoms with E-state index >= 15 is 0 Å². The summed E-state index contributed by atoms with van der Waals surface area (Å²) in [6, 6.07) is 5.89. The van der Waals surface area contributed by atoms with Crippen LogP contribution in [0.25, 0.3) is 0 Å². The molecule has 14 heavy (non-hydrogen) atoms. The summed E-state index contributed by atoms with van der Waals surface area (Å²) in [5.41, 5.74) is 10.0. The van der Waals surface area contributed by atoms with Crippen LogP contribution in [0.5, 0.6) is 0 Å². The second-order valence-corrected chi connectivity index (χ2v) is 3.53. The Morgan fingerprint density at radius 2 is 2.21 bits per heavy atom. The summed E-state index contributed by atoms with van der Waals surface area (Å²) >= 11 is 0. The first-order valence-corrected chi connectivity index (χ1v) is 4.90. The molecule has 76 valence electrons. The van der Waals surface area contributed by atoms with Crippen LogP contribution in [-0.4, -0.2) is 6.54 Å². The van der Waals surface area contributed by atoms with E-state index in [9.17, 15) is 0 Å². The lowest BCUT2D eigenvalue weighted by Gasteiger charge is -2.10. The fourth-order valence-electron chi connectivity index (χ4n) is 1.18. The Morgan fingerprint density at radius 3 is 2.86 bits per heavy atom. The number of nitrogen functional groups attached to an aromatic ring is 1. The normalized spacial score (nSPS) is 9.86. The summed E-state index contributed by atoms with van der Waals surface area (Å²) in [5.74, 6) is 0. The summed E-state index contributed by atoms with van der Waals surface area (Å²) in [7, 11) is 0. The summed E-state index contributed by atoms with van der Waals surface area (Å²) in [6.45, 7) is 8.94. The molecule has 0 aliphatic heterocycles. The third kappa shape index (κ3) is 2.80. The Labute approximate surface area is 85.8 Å². The van der Waals surface area contributed by atoms with E-state index in [1.807, 2.05) is 18.2 Å². The lowest BCUT2D eigenvalue weighted by molar-refractivity contribution is 1.05. The summed E-state index contributed by atoms with van der Waals surface area (Å²) in [6.07, 6.45) is 1.01. The Kier molecular flexibility index (Phi) is 3.57. The van der Waals surface area contributed by atoms with Crippen molar-refractivity contribution in [1.82, 2.24) is 0 Å². The van der Waals surface area contributed by atoms with Crippen molar-refractivity contribution < 1.29 is 0 Å². The average molecular weight is 190 g/mol. The summed E-state index contributed by atoms with van der Waals surface area (Å²) in [5, 5.41) is 3.32. The third-order valence-corrected chi connectivity index (χ3v) is 2.29. The van der Waals surface area contributed by atoms with Crippen LogP contribution in [-0.2, 0) is 0 Å². The second-order valence-electron chi connectivity index (χ2n) is 3.53. The predicted molar refractivity (Wildman–Crippen MR) is 63.5 cm³/mol. The first-order valence-electron chi connectivity index (χ1n) is 4.90. The van der Waals surface area contributed by atoms with Crippen LogP contribution in [0.4, 0.5) is 11.4 Å². The molecule has 0 amide bonds. The molecule has 0 saturated heterocycles. The van der Waals surface area contributed by atoms with E-state index in [1.165, 1.54) is 11.1 Å². The van der Waals surface area contributed by atoms with Gasteiger partial charge in [0.1, 0.15) is 0 Å². The molecular formula is C12H18N2. The highest BCUT2D eigenvalue weighted by Crippen LogP contribution is 2.18. The van der Waals surface area contributed by atoms with Crippen molar-refractivity contribution in [3.63, 3.8) is 0 Å². The maximum Gasteiger partial charge on any atom is 0.0393 e. The fourth-order valence-corrected chi connectivity index (χ4v) is 1.18. The zero-order valence-corrected chi connectivity index (χ0v) is 8.93. The first kappa shape index (κ1) is 10.6. The molecule has 0 spiro atoms. The minimum atomic E-state index is 0.792. The largest absolute Gasteiger partial charge is 0.399 e. The molecule has 0 heterocycles. The molecular weight excluding hydrogens is 172 g/mol. The molecule has 2 nitrogen and oxygen atoms in total. The summed E-state index contributed by atoms with van der Waals surface area (Å²) in [4.78, 5) is 0. The van der Waals surface area contributed by atoms with Gasteiger partial charge in [0.25, 0.3) is 0 Å². The van der Waals surface area contributed by atoms with E-state index in [1.54, 1.807) is 0 Å². The average Bonchev–Trinajstić information content (AvgIpc) is 2.19. The van der Waals surface area contributed by atoms with Gasteiger partial charge in [0.05, 0.1) is 0 Å². The molecule has 1 aromatic carbocycles. The van der Waals surface area contributed by atoms with E-state index in [2.05, 4.69) is 25.7 Å². The number of hydrogen-bond donors (Lipinski definition) is 2. The van der Waals surface area contributed by atoms with Crippen molar-refractivity contribution in [2.75, 3.05) is 17.6 Å². The SMILES string of the molecule is C=C(CC)CNc1cc(N)ccc1C. The lowest BCUT2D eigenvalue weighted by atomic mass is 10.1. The highest BCUT2D eigenvalue weighted by molar-refractivity contribution is 5.59. The van der Waals surface area contributed by atoms with Gasteiger partial charge in [0.2, 0.25) is 0 Å². The third-order valence-electron chi connectivity index (χ3n) is 2.29. The van der Waals surface area contributed by atoms with Gasteiger partial charge in [-0.15, -0.1) is 0 Å². The Morgan fingerprint density at radius 1 is 1.50 bits per heavy atom. The van der Waals surface area contributed by atoms with Gasteiger partial charge in [0, 0.05) is 17.9 Å². The molecule has 0 saturated carbocycles. The van der Waals surface area contributed by atoms with Crippen LogP contribution >= 0.6 is 0 Å². The van der Waals surface area contributed by atoms with Gasteiger partial charge >= 0.3 is 0 Å². The van der Waals surface area contributed by atoms with E-state index in [-0.39, 0.29) is 0 Å². The van der Waals surface area contributed by atoms with Crippen molar-refractivity contribution in [1.29, 1.82) is 0 Å². The van der Waals surface area contributed by atoms with Crippen LogP contribution in [0.15, 0.2) is 30.4 Å². The number of nitrogens with two attached hydrogens (primary N) is 1. The van der Waals surface area contributed by atoms with E-state index in [0.29, 0.717) is 0 Å². The maximum absolute atomic E-state index is 5.70. The topological polar surface area (TPSA) is 38.0 Å². The highest BCUT2D eigenvalue weighted by Gasteiger charge is 1.98. The number of rotatable bonds is 4. The molecule has 0 atom stereocenters. The van der Waals surface area contributed by atoms with E-state index < -0.39 is 0 Å². The van der Waals surface area contributed by atoms with Crippen LogP contribution in [0.1, 0.15) is 18.9 Å². The number of anilines is 2. The predicted octanol–water partition coefficient (Wildman–Crippen LogP) is 2.96. The molecule has 0 aromatic heterocycles. The molecule has 0 aliphatic carbocycles. The van der Waals surface area contributed by atoms with Gasteiger partial charge in [0.15, 0.2) is 0 Å². The highest BCUT2D eigenvalue weighted by atomic mass is 14.9. The van der Waals surface area contributed by atoms with E-state index in [0.717, 1.165) is 24.3 Å². The fraction of sp³-hybridized carbons (Fsp3) is 0.333. The molecule has 0 fully saturated rings. The monoisotopic (exact) mass is 190 g/mol. The number of aryl methyl sites for hydroxylation is 1. The molecule has 0 unspecified atom stereocenters. The minimum Gasteiger partial charge on any atom is -0.399 e. The van der Waals surface area contributed by atoms with Crippen molar-refractivity contribution >= 4 is 11.4 Å². The molecule has 1 rings (SSSR count).